The number of anilines is 1. The average molecular weight is 488 g/mol. The zero-order valence-corrected chi connectivity index (χ0v) is 20.9. The van der Waals surface area contributed by atoms with Crippen LogP contribution in [0.15, 0.2) is 48.7 Å². The fraction of sp³-hybridized carbons (Fsp3) is 0.448. The Hall–Kier alpha value is -3.32. The highest BCUT2D eigenvalue weighted by molar-refractivity contribution is 5.92. The molecule has 3 aliphatic rings. The standard InChI is InChI=1S/C29H33N3O4/c1-19(2)31-17-22(26-24(20-6-7-20)4-3-5-25(26)31)16-30-14-12-29(13-15-30)18-32(28(35)36-29)23-10-8-21(9-11-23)27(33)34/h3-5,8-11,17,19-20H,6-7,12-16,18H2,1-2H3,(H,33,34). The maximum Gasteiger partial charge on any atom is 0.415 e. The molecule has 6 rings (SSSR count). The second-order valence-electron chi connectivity index (χ2n) is 10.9. The summed E-state index contributed by atoms with van der Waals surface area (Å²) in [5, 5.41) is 10.6. The second-order valence-corrected chi connectivity index (χ2v) is 10.9. The first-order valence-corrected chi connectivity index (χ1v) is 13.0. The van der Waals surface area contributed by atoms with Crippen LogP contribution in [0, 0.1) is 0 Å². The van der Waals surface area contributed by atoms with Crippen LogP contribution in [0.2, 0.25) is 0 Å². The molecule has 1 aromatic heterocycles. The van der Waals surface area contributed by atoms with Crippen molar-refractivity contribution in [1.82, 2.24) is 9.47 Å². The van der Waals surface area contributed by atoms with E-state index < -0.39 is 11.6 Å². The number of fused-ring (bicyclic) bond motifs is 1. The summed E-state index contributed by atoms with van der Waals surface area (Å²) in [4.78, 5) is 28.0. The Balaban J connectivity index is 1.17. The Morgan fingerprint density at radius 2 is 1.83 bits per heavy atom. The summed E-state index contributed by atoms with van der Waals surface area (Å²) < 4.78 is 8.35. The first kappa shape index (κ1) is 23.1. The minimum absolute atomic E-state index is 0.206. The lowest BCUT2D eigenvalue weighted by Gasteiger charge is -2.37. The number of hydrogen-bond acceptors (Lipinski definition) is 4. The predicted molar refractivity (Wildman–Crippen MR) is 139 cm³/mol. The van der Waals surface area contributed by atoms with Crippen LogP contribution in [0.5, 0.6) is 0 Å². The van der Waals surface area contributed by atoms with Crippen LogP contribution in [0.1, 0.15) is 73.0 Å². The van der Waals surface area contributed by atoms with E-state index >= 15 is 0 Å². The van der Waals surface area contributed by atoms with E-state index in [0.717, 1.165) is 32.5 Å². The van der Waals surface area contributed by atoms with Crippen LogP contribution in [0.4, 0.5) is 10.5 Å². The summed E-state index contributed by atoms with van der Waals surface area (Å²) in [6.45, 7) is 7.65. The van der Waals surface area contributed by atoms with Crippen LogP contribution in [-0.4, -0.2) is 51.9 Å². The lowest BCUT2D eigenvalue weighted by molar-refractivity contribution is -0.000900. The van der Waals surface area contributed by atoms with Gasteiger partial charge in [-0.2, -0.15) is 0 Å². The molecule has 1 amide bonds. The number of nitrogens with zero attached hydrogens (tertiary/aromatic N) is 3. The van der Waals surface area contributed by atoms with Crippen LogP contribution in [0.3, 0.4) is 0 Å². The number of ether oxygens (including phenoxy) is 1. The monoisotopic (exact) mass is 487 g/mol. The SMILES string of the molecule is CC(C)n1cc(CN2CCC3(CC2)CN(c2ccc(C(=O)O)cc2)C(=O)O3)c2c(C3CC3)cccc21. The number of carbonyl (C=O) groups excluding carboxylic acids is 1. The van der Waals surface area contributed by atoms with Gasteiger partial charge in [0, 0.05) is 61.3 Å². The molecule has 7 heteroatoms. The minimum Gasteiger partial charge on any atom is -0.478 e. The first-order chi connectivity index (χ1) is 17.3. The number of carbonyl (C=O) groups is 2. The van der Waals surface area contributed by atoms with Gasteiger partial charge in [0.1, 0.15) is 5.60 Å². The van der Waals surface area contributed by atoms with Crippen molar-refractivity contribution in [2.24, 2.45) is 0 Å². The van der Waals surface area contributed by atoms with Gasteiger partial charge >= 0.3 is 12.1 Å². The molecule has 0 radical (unpaired) electrons. The normalized spacial score (nSPS) is 20.0. The average Bonchev–Trinajstić information content (AvgIpc) is 3.58. The maximum atomic E-state index is 12.7. The van der Waals surface area contributed by atoms with Crippen LogP contribution in [-0.2, 0) is 11.3 Å². The molecule has 36 heavy (non-hydrogen) atoms. The Morgan fingerprint density at radius 3 is 2.47 bits per heavy atom. The zero-order chi connectivity index (χ0) is 25.0. The maximum absolute atomic E-state index is 12.7. The van der Waals surface area contributed by atoms with E-state index in [4.69, 9.17) is 9.84 Å². The van der Waals surface area contributed by atoms with Gasteiger partial charge in [0.25, 0.3) is 0 Å². The number of aromatic carboxylic acids is 1. The molecule has 0 bridgehead atoms. The molecule has 0 atom stereocenters. The number of likely N-dealkylation sites (tertiary alicyclic amines) is 1. The molecule has 1 aliphatic carbocycles. The number of amides is 1. The highest BCUT2D eigenvalue weighted by Crippen LogP contribution is 2.45. The van der Waals surface area contributed by atoms with Crippen LogP contribution >= 0.6 is 0 Å². The van der Waals surface area contributed by atoms with Gasteiger partial charge in [0.05, 0.1) is 12.1 Å². The highest BCUT2D eigenvalue weighted by Gasteiger charge is 2.47. The van der Waals surface area contributed by atoms with Gasteiger partial charge in [-0.3, -0.25) is 9.80 Å². The fourth-order valence-corrected chi connectivity index (χ4v) is 5.93. The zero-order valence-electron chi connectivity index (χ0n) is 20.9. The van der Waals surface area contributed by atoms with Gasteiger partial charge < -0.3 is 14.4 Å². The van der Waals surface area contributed by atoms with E-state index in [9.17, 15) is 9.59 Å². The van der Waals surface area contributed by atoms with Crippen LogP contribution < -0.4 is 4.90 Å². The molecule has 1 spiro atoms. The van der Waals surface area contributed by atoms with Crippen molar-refractivity contribution in [1.29, 1.82) is 0 Å². The Morgan fingerprint density at radius 1 is 1.11 bits per heavy atom. The van der Waals surface area contributed by atoms with Crippen molar-refractivity contribution < 1.29 is 19.4 Å². The van der Waals surface area contributed by atoms with Gasteiger partial charge in [-0.25, -0.2) is 9.59 Å². The molecule has 2 aliphatic heterocycles. The third-order valence-corrected chi connectivity index (χ3v) is 8.10. The predicted octanol–water partition coefficient (Wildman–Crippen LogP) is 5.79. The van der Waals surface area contributed by atoms with Crippen molar-refractivity contribution in [3.05, 3.63) is 65.4 Å². The van der Waals surface area contributed by atoms with E-state index in [1.165, 1.54) is 47.0 Å². The van der Waals surface area contributed by atoms with Crippen molar-refractivity contribution in [3.63, 3.8) is 0 Å². The summed E-state index contributed by atoms with van der Waals surface area (Å²) >= 11 is 0. The van der Waals surface area contributed by atoms with Gasteiger partial charge in [-0.15, -0.1) is 0 Å². The fourth-order valence-electron chi connectivity index (χ4n) is 5.93. The number of carboxylic acids is 1. The van der Waals surface area contributed by atoms with Crippen molar-refractivity contribution in [2.45, 2.75) is 63.6 Å². The largest absolute Gasteiger partial charge is 0.478 e. The first-order valence-electron chi connectivity index (χ1n) is 13.0. The lowest BCUT2D eigenvalue weighted by Crippen LogP contribution is -2.46. The van der Waals surface area contributed by atoms with Gasteiger partial charge in [-0.1, -0.05) is 12.1 Å². The molecule has 0 unspecified atom stereocenters. The molecule has 3 heterocycles. The molecule has 3 fully saturated rings. The van der Waals surface area contributed by atoms with Gasteiger partial charge in [-0.05, 0) is 74.1 Å². The number of carboxylic acid groups (broad SMARTS) is 1. The molecule has 2 aromatic carbocycles. The molecule has 188 valence electrons. The summed E-state index contributed by atoms with van der Waals surface area (Å²) in [7, 11) is 0. The third kappa shape index (κ3) is 4.05. The number of rotatable bonds is 6. The number of benzene rings is 2. The molecule has 2 saturated heterocycles. The van der Waals surface area contributed by atoms with Crippen LogP contribution in [0.25, 0.3) is 10.9 Å². The topological polar surface area (TPSA) is 75.0 Å². The Labute approximate surface area is 211 Å². The van der Waals surface area contributed by atoms with Crippen molar-refractivity contribution >= 4 is 28.7 Å². The smallest absolute Gasteiger partial charge is 0.415 e. The summed E-state index contributed by atoms with van der Waals surface area (Å²) in [5.74, 6) is -0.274. The number of piperidine rings is 1. The van der Waals surface area contributed by atoms with E-state index in [-0.39, 0.29) is 11.7 Å². The quantitative estimate of drug-likeness (QED) is 0.476. The third-order valence-electron chi connectivity index (χ3n) is 8.10. The van der Waals surface area contributed by atoms with E-state index in [0.29, 0.717) is 24.2 Å². The molecule has 3 aromatic rings. The number of aromatic nitrogens is 1. The summed E-state index contributed by atoms with van der Waals surface area (Å²) in [5.41, 5.74) is 4.65. The van der Waals surface area contributed by atoms with Gasteiger partial charge in [0.2, 0.25) is 0 Å². The van der Waals surface area contributed by atoms with E-state index in [2.05, 4.69) is 47.7 Å². The summed E-state index contributed by atoms with van der Waals surface area (Å²) in [6, 6.07) is 13.6. The molecule has 1 saturated carbocycles. The summed E-state index contributed by atoms with van der Waals surface area (Å²) in [6.07, 6.45) is 6.17. The lowest BCUT2D eigenvalue weighted by atomic mass is 9.91. The number of hydrogen-bond donors (Lipinski definition) is 1. The van der Waals surface area contributed by atoms with Gasteiger partial charge in [0.15, 0.2) is 0 Å². The van der Waals surface area contributed by atoms with Crippen molar-refractivity contribution in [3.8, 4) is 0 Å². The Kier molecular flexibility index (Phi) is 5.56. The molecular formula is C29H33N3O4. The molecular weight excluding hydrogens is 454 g/mol. The second kappa shape index (κ2) is 8.66. The van der Waals surface area contributed by atoms with E-state index in [1.54, 1.807) is 17.0 Å². The Bertz CT molecular complexity index is 1310. The molecule has 7 nitrogen and oxygen atoms in total. The highest BCUT2D eigenvalue weighted by atomic mass is 16.6. The van der Waals surface area contributed by atoms with Crippen molar-refractivity contribution in [2.75, 3.05) is 24.5 Å². The van der Waals surface area contributed by atoms with E-state index in [1.807, 2.05) is 0 Å². The minimum atomic E-state index is -0.977. The molecule has 1 N–H and O–H groups in total.